The quantitative estimate of drug-likeness (QED) is 0.173. The Morgan fingerprint density at radius 1 is 0.484 bits per heavy atom. The minimum absolute atomic E-state index is 0.0261. The Bertz CT molecular complexity index is 3240. The van der Waals surface area contributed by atoms with Gasteiger partial charge in [-0.3, -0.25) is 0 Å². The van der Waals surface area contributed by atoms with Crippen molar-refractivity contribution in [1.82, 2.24) is 9.97 Å². The van der Waals surface area contributed by atoms with E-state index in [9.17, 15) is 0 Å². The van der Waals surface area contributed by atoms with Gasteiger partial charge in [-0.05, 0) is 109 Å². The minimum Gasteiger partial charge on any atom is -0.228 e. The van der Waals surface area contributed by atoms with Crippen LogP contribution in [0, 0.1) is 0 Å². The number of hydrogen-bond donors (Lipinski definition) is 0. The van der Waals surface area contributed by atoms with E-state index < -0.39 is 0 Å². The Balaban J connectivity index is 0.882. The lowest BCUT2D eigenvalue weighted by Gasteiger charge is -2.36. The van der Waals surface area contributed by atoms with Crippen molar-refractivity contribution in [3.05, 3.63) is 215 Å². The Kier molecular flexibility index (Phi) is 8.59. The first-order valence-electron chi connectivity index (χ1n) is 23.2. The second-order valence-corrected chi connectivity index (χ2v) is 20.3. The number of hydrogen-bond acceptors (Lipinski definition) is 3. The van der Waals surface area contributed by atoms with Crippen LogP contribution in [0.1, 0.15) is 85.3 Å². The summed E-state index contributed by atoms with van der Waals surface area (Å²) in [4.78, 5) is 11.8. The van der Waals surface area contributed by atoms with Gasteiger partial charge in [-0.2, -0.15) is 0 Å². The fraction of sp³-hybridized carbons (Fsp3) is 0.180. The molecule has 2 atom stereocenters. The largest absolute Gasteiger partial charge is 0.228 e. The summed E-state index contributed by atoms with van der Waals surface area (Å²) in [5, 5.41) is 0.326. The molecule has 308 valence electrons. The summed E-state index contributed by atoms with van der Waals surface area (Å²) in [6, 6.07) is 60.6. The second-order valence-electron chi connectivity index (χ2n) is 19.1. The van der Waals surface area contributed by atoms with Gasteiger partial charge in [0.05, 0.1) is 11.4 Å². The van der Waals surface area contributed by atoms with Gasteiger partial charge in [0.1, 0.15) is 0 Å². The van der Waals surface area contributed by atoms with Gasteiger partial charge < -0.3 is 0 Å². The van der Waals surface area contributed by atoms with Crippen LogP contribution >= 0.6 is 11.8 Å². The van der Waals surface area contributed by atoms with Crippen molar-refractivity contribution in [2.24, 2.45) is 0 Å². The van der Waals surface area contributed by atoms with E-state index in [0.717, 1.165) is 28.3 Å². The predicted octanol–water partition coefficient (Wildman–Crippen LogP) is 15.9. The molecule has 1 aromatic heterocycles. The van der Waals surface area contributed by atoms with Gasteiger partial charge in [0, 0.05) is 43.6 Å². The molecule has 2 unspecified atom stereocenters. The molecule has 64 heavy (non-hydrogen) atoms. The van der Waals surface area contributed by atoms with Gasteiger partial charge in [0.15, 0.2) is 5.82 Å². The number of nitrogens with zero attached hydrogens (tertiary/aromatic N) is 2. The monoisotopic (exact) mass is 840 g/mol. The highest BCUT2D eigenvalue weighted by Gasteiger charge is 2.46. The van der Waals surface area contributed by atoms with Crippen LogP contribution in [0.3, 0.4) is 0 Å². The number of allylic oxidation sites excluding steroid dienone is 3. The molecular weight excluding hydrogens is 793 g/mol. The normalized spacial score (nSPS) is 19.0. The first-order chi connectivity index (χ1) is 31.4. The summed E-state index contributed by atoms with van der Waals surface area (Å²) in [7, 11) is 0. The van der Waals surface area contributed by atoms with Crippen molar-refractivity contribution in [3.8, 4) is 67.3 Å². The minimum atomic E-state index is -0.0261. The number of thioether (sulfide) groups is 1. The number of rotatable bonds is 5. The molecule has 3 heteroatoms. The molecule has 0 amide bonds. The van der Waals surface area contributed by atoms with Crippen molar-refractivity contribution in [3.63, 3.8) is 0 Å². The molecule has 2 nitrogen and oxygen atoms in total. The smallest absolute Gasteiger partial charge is 0.160 e. The zero-order chi connectivity index (χ0) is 42.6. The molecule has 0 saturated heterocycles. The van der Waals surface area contributed by atoms with Crippen LogP contribution in [0.5, 0.6) is 0 Å². The SMILES string of the molecule is CC1(C)c2ccccc2-c2cc3c(cc21)-c1cc(C2=CC4c5cccc(-c6cc(-c7ccc(-c8ccccc8)cc7)nc(-c7ccccc7)n6)c5SC4C=C2)ccc1C31CCCCC1. The second kappa shape index (κ2) is 14.5. The fourth-order valence-electron chi connectivity index (χ4n) is 12.0. The molecular formula is C61H48N2S. The third-order valence-electron chi connectivity index (χ3n) is 15.3. The number of fused-ring (bicyclic) bond motifs is 11. The molecule has 5 aliphatic rings. The summed E-state index contributed by atoms with van der Waals surface area (Å²) < 4.78 is 0. The summed E-state index contributed by atoms with van der Waals surface area (Å²) in [6.07, 6.45) is 13.8. The first-order valence-corrected chi connectivity index (χ1v) is 24.1. The van der Waals surface area contributed by atoms with E-state index in [2.05, 4.69) is 196 Å². The number of benzene rings is 7. The Hall–Kier alpha value is -6.55. The molecule has 4 aliphatic carbocycles. The number of aromatic nitrogens is 2. The summed E-state index contributed by atoms with van der Waals surface area (Å²) >= 11 is 1.98. The van der Waals surface area contributed by atoms with Gasteiger partial charge in [-0.25, -0.2) is 9.97 Å². The molecule has 7 aromatic carbocycles. The van der Waals surface area contributed by atoms with E-state index >= 15 is 0 Å². The molecule has 1 saturated carbocycles. The van der Waals surface area contributed by atoms with Crippen LogP contribution in [0.25, 0.3) is 72.9 Å². The highest BCUT2D eigenvalue weighted by Crippen LogP contribution is 2.60. The van der Waals surface area contributed by atoms with Crippen molar-refractivity contribution in [2.75, 3.05) is 0 Å². The summed E-state index contributed by atoms with van der Waals surface area (Å²) in [5.74, 6) is 1.01. The van der Waals surface area contributed by atoms with Gasteiger partial charge in [0.25, 0.3) is 0 Å². The Morgan fingerprint density at radius 3 is 1.94 bits per heavy atom. The first kappa shape index (κ1) is 38.0. The van der Waals surface area contributed by atoms with Crippen LogP contribution in [0.15, 0.2) is 187 Å². The van der Waals surface area contributed by atoms with Gasteiger partial charge >= 0.3 is 0 Å². The van der Waals surface area contributed by atoms with E-state index in [-0.39, 0.29) is 16.7 Å². The van der Waals surface area contributed by atoms with E-state index in [1.54, 1.807) is 11.1 Å². The maximum atomic E-state index is 5.29. The molecule has 0 N–H and O–H groups in total. The average Bonchev–Trinajstić information content (AvgIpc) is 3.94. The molecule has 1 spiro atoms. The van der Waals surface area contributed by atoms with Gasteiger partial charge in [-0.15, -0.1) is 11.8 Å². The third-order valence-corrected chi connectivity index (χ3v) is 16.7. The molecule has 13 rings (SSSR count). The van der Waals surface area contributed by atoms with Crippen LogP contribution in [-0.2, 0) is 10.8 Å². The predicted molar refractivity (Wildman–Crippen MR) is 267 cm³/mol. The van der Waals surface area contributed by atoms with Crippen molar-refractivity contribution < 1.29 is 0 Å². The third kappa shape index (κ3) is 5.79. The van der Waals surface area contributed by atoms with E-state index in [4.69, 9.17) is 9.97 Å². The van der Waals surface area contributed by atoms with E-state index in [0.29, 0.717) is 5.25 Å². The van der Waals surface area contributed by atoms with Crippen molar-refractivity contribution >= 4 is 17.3 Å². The summed E-state index contributed by atoms with van der Waals surface area (Å²) in [6.45, 7) is 4.83. The lowest BCUT2D eigenvalue weighted by molar-refractivity contribution is 0.353. The van der Waals surface area contributed by atoms with Crippen LogP contribution in [0.4, 0.5) is 0 Å². The fourth-order valence-corrected chi connectivity index (χ4v) is 13.4. The van der Waals surface area contributed by atoms with Crippen molar-refractivity contribution in [1.29, 1.82) is 0 Å². The zero-order valence-electron chi connectivity index (χ0n) is 36.3. The van der Waals surface area contributed by atoms with Crippen molar-refractivity contribution in [2.45, 2.75) is 72.8 Å². The van der Waals surface area contributed by atoms with E-state index in [1.165, 1.54) is 104 Å². The van der Waals surface area contributed by atoms with Crippen LogP contribution in [0.2, 0.25) is 0 Å². The summed E-state index contributed by atoms with van der Waals surface area (Å²) in [5.41, 5.74) is 23.5. The van der Waals surface area contributed by atoms with Crippen LogP contribution < -0.4 is 0 Å². The highest BCUT2D eigenvalue weighted by molar-refractivity contribution is 8.00. The highest BCUT2D eigenvalue weighted by atomic mass is 32.2. The van der Waals surface area contributed by atoms with Gasteiger partial charge in [0.2, 0.25) is 0 Å². The average molecular weight is 841 g/mol. The van der Waals surface area contributed by atoms with Gasteiger partial charge in [-0.1, -0.05) is 191 Å². The van der Waals surface area contributed by atoms with Crippen LogP contribution in [-0.4, -0.2) is 15.2 Å². The molecule has 0 bridgehead atoms. The maximum Gasteiger partial charge on any atom is 0.160 e. The lowest BCUT2D eigenvalue weighted by atomic mass is 9.67. The molecule has 1 fully saturated rings. The maximum absolute atomic E-state index is 5.29. The Labute approximate surface area is 380 Å². The standard InChI is InChI=1S/C61H48N2S/c1-60(2)51-22-11-10-19-44(51)48-36-54-49(35-53(48)60)47-33-42(27-29-52(47)61(54)31-12-5-13-32-61)43-28-30-57-50(34-43)45-20-14-21-46(58(45)64-57)56-37-55(62-59(63-56)41-17-8-4-9-18-41)40-25-23-39(24-26-40)38-15-6-3-7-16-38/h3-4,6-11,14-30,33-37,50,57H,5,12-13,31-32H2,1-2H3. The lowest BCUT2D eigenvalue weighted by Crippen LogP contribution is -2.28. The molecule has 8 aromatic rings. The molecule has 1 aliphatic heterocycles. The molecule has 0 radical (unpaired) electrons. The molecule has 2 heterocycles. The zero-order valence-corrected chi connectivity index (χ0v) is 37.1. The topological polar surface area (TPSA) is 25.8 Å². The van der Waals surface area contributed by atoms with E-state index in [1.807, 2.05) is 11.8 Å². The Morgan fingerprint density at radius 2 is 1.12 bits per heavy atom.